The number of aliphatic imine (C=N–C) groups is 1. The zero-order valence-electron chi connectivity index (χ0n) is 12.7. The number of carbonyl (C=O) groups is 2. The minimum Gasteiger partial charge on any atom is -0.465 e. The number of aliphatic hydroxyl groups excluding tert-OH is 1. The van der Waals surface area contributed by atoms with Crippen LogP contribution in [-0.4, -0.2) is 47.4 Å². The van der Waals surface area contributed by atoms with Crippen LogP contribution in [0.1, 0.15) is 20.3 Å². The highest BCUT2D eigenvalue weighted by Gasteiger charge is 2.41. The lowest BCUT2D eigenvalue weighted by molar-refractivity contribution is -0.154. The van der Waals surface area contributed by atoms with Crippen molar-refractivity contribution in [1.82, 2.24) is 4.90 Å². The third kappa shape index (κ3) is 2.87. The van der Waals surface area contributed by atoms with Gasteiger partial charge in [0, 0.05) is 6.20 Å². The van der Waals surface area contributed by atoms with E-state index in [1.54, 1.807) is 38.3 Å². The summed E-state index contributed by atoms with van der Waals surface area (Å²) in [5, 5.41) is 10.5. The highest BCUT2D eigenvalue weighted by atomic mass is 16.5. The molecule has 6 nitrogen and oxygen atoms in total. The number of allylic oxidation sites excluding steroid dienone is 3. The minimum atomic E-state index is -0.943. The Balaban J connectivity index is 2.42. The Hall–Kier alpha value is -2.21. The van der Waals surface area contributed by atoms with Crippen molar-refractivity contribution >= 4 is 18.6 Å². The predicted molar refractivity (Wildman–Crippen MR) is 81.9 cm³/mol. The van der Waals surface area contributed by atoms with Crippen LogP contribution in [0.3, 0.4) is 0 Å². The van der Waals surface area contributed by atoms with Gasteiger partial charge in [-0.15, -0.1) is 0 Å². The second-order valence-electron chi connectivity index (χ2n) is 5.20. The summed E-state index contributed by atoms with van der Waals surface area (Å²) in [4.78, 5) is 29.7. The summed E-state index contributed by atoms with van der Waals surface area (Å²) in [5.41, 5.74) is 1.19. The maximum Gasteiger partial charge on any atom is 0.318 e. The Kier molecular flexibility index (Phi) is 4.92. The molecule has 1 amide bonds. The molecule has 6 heteroatoms. The van der Waals surface area contributed by atoms with Gasteiger partial charge >= 0.3 is 5.97 Å². The summed E-state index contributed by atoms with van der Waals surface area (Å²) < 4.78 is 4.98. The van der Waals surface area contributed by atoms with Crippen molar-refractivity contribution in [3.8, 4) is 0 Å². The number of hydrogen-bond acceptors (Lipinski definition) is 5. The van der Waals surface area contributed by atoms with Crippen molar-refractivity contribution in [3.63, 3.8) is 0 Å². The van der Waals surface area contributed by atoms with Gasteiger partial charge in [0.05, 0.1) is 24.4 Å². The normalized spacial score (nSPS) is 23.1. The molecule has 2 aliphatic rings. The molecule has 0 aromatic carbocycles. The minimum absolute atomic E-state index is 0.128. The number of hydrogen-bond donors (Lipinski definition) is 1. The molecule has 0 bridgehead atoms. The number of fused-ring (bicyclic) bond motifs is 1. The van der Waals surface area contributed by atoms with Gasteiger partial charge in [-0.05, 0) is 44.7 Å². The molecular weight excluding hydrogens is 284 g/mol. The van der Waals surface area contributed by atoms with E-state index in [1.165, 1.54) is 4.90 Å². The van der Waals surface area contributed by atoms with Crippen LogP contribution < -0.4 is 0 Å². The van der Waals surface area contributed by atoms with Gasteiger partial charge in [0.25, 0.3) is 0 Å². The maximum atomic E-state index is 12.5. The average molecular weight is 304 g/mol. The van der Waals surface area contributed by atoms with E-state index in [1.807, 2.05) is 0 Å². The number of rotatable bonds is 5. The number of aliphatic hydroxyl groups is 1. The first kappa shape index (κ1) is 16.2. The molecule has 0 aromatic heterocycles. The molecule has 3 unspecified atom stereocenters. The van der Waals surface area contributed by atoms with Gasteiger partial charge in [0.2, 0.25) is 5.91 Å². The van der Waals surface area contributed by atoms with E-state index in [4.69, 9.17) is 4.74 Å². The number of carbonyl (C=O) groups excluding carboxylic acids is 2. The highest BCUT2D eigenvalue weighted by molar-refractivity contribution is 6.00. The SMILES string of the molecule is C=NC(C)C(O)C1=C2C=CC=CN2C(=O)C(C(=O)OCC)C1. The third-order valence-electron chi connectivity index (χ3n) is 3.82. The van der Waals surface area contributed by atoms with Crippen LogP contribution in [0.2, 0.25) is 0 Å². The van der Waals surface area contributed by atoms with E-state index >= 15 is 0 Å². The van der Waals surface area contributed by atoms with E-state index < -0.39 is 24.0 Å². The third-order valence-corrected chi connectivity index (χ3v) is 3.82. The lowest BCUT2D eigenvalue weighted by Gasteiger charge is -2.35. The smallest absolute Gasteiger partial charge is 0.318 e. The van der Waals surface area contributed by atoms with Crippen molar-refractivity contribution < 1.29 is 19.4 Å². The van der Waals surface area contributed by atoms with Crippen LogP contribution in [0.15, 0.2) is 40.7 Å². The number of esters is 1. The Labute approximate surface area is 129 Å². The molecule has 118 valence electrons. The van der Waals surface area contributed by atoms with E-state index in [0.29, 0.717) is 11.3 Å². The fraction of sp³-hybridized carbons (Fsp3) is 0.438. The van der Waals surface area contributed by atoms with Crippen molar-refractivity contribution in [2.24, 2.45) is 10.9 Å². The summed E-state index contributed by atoms with van der Waals surface area (Å²) in [6.07, 6.45) is 6.03. The van der Waals surface area contributed by atoms with Crippen molar-refractivity contribution in [3.05, 3.63) is 35.7 Å². The van der Waals surface area contributed by atoms with Gasteiger partial charge in [-0.3, -0.25) is 19.5 Å². The lowest BCUT2D eigenvalue weighted by Crippen LogP contribution is -2.44. The molecule has 0 spiro atoms. The largest absolute Gasteiger partial charge is 0.465 e. The van der Waals surface area contributed by atoms with Crippen LogP contribution in [-0.2, 0) is 14.3 Å². The molecule has 0 saturated carbocycles. The summed E-state index contributed by atoms with van der Waals surface area (Å²) in [6, 6.07) is -0.431. The van der Waals surface area contributed by atoms with Gasteiger partial charge in [-0.2, -0.15) is 0 Å². The fourth-order valence-electron chi connectivity index (χ4n) is 2.57. The molecule has 2 heterocycles. The van der Waals surface area contributed by atoms with E-state index in [0.717, 1.165) is 0 Å². The highest BCUT2D eigenvalue weighted by Crippen LogP contribution is 2.34. The molecule has 2 rings (SSSR count). The summed E-state index contributed by atoms with van der Waals surface area (Å²) in [5.74, 6) is -1.86. The molecule has 0 fully saturated rings. The quantitative estimate of drug-likeness (QED) is 0.470. The van der Waals surface area contributed by atoms with Crippen LogP contribution in [0.25, 0.3) is 0 Å². The van der Waals surface area contributed by atoms with Crippen LogP contribution in [0.5, 0.6) is 0 Å². The second-order valence-corrected chi connectivity index (χ2v) is 5.20. The Bertz CT molecular complexity index is 577. The van der Waals surface area contributed by atoms with Crippen molar-refractivity contribution in [2.45, 2.75) is 32.4 Å². The Morgan fingerprint density at radius 2 is 2.32 bits per heavy atom. The lowest BCUT2D eigenvalue weighted by atomic mass is 9.86. The topological polar surface area (TPSA) is 79.2 Å². The molecule has 0 saturated heterocycles. The van der Waals surface area contributed by atoms with Gasteiger partial charge in [-0.1, -0.05) is 6.08 Å². The first-order chi connectivity index (χ1) is 10.5. The van der Waals surface area contributed by atoms with E-state index in [9.17, 15) is 14.7 Å². The monoisotopic (exact) mass is 304 g/mol. The predicted octanol–water partition coefficient (Wildman–Crippen LogP) is 1.19. The first-order valence-electron chi connectivity index (χ1n) is 7.22. The fourth-order valence-corrected chi connectivity index (χ4v) is 2.57. The van der Waals surface area contributed by atoms with Crippen LogP contribution in [0, 0.1) is 5.92 Å². The molecule has 0 radical (unpaired) electrons. The van der Waals surface area contributed by atoms with E-state index in [2.05, 4.69) is 11.7 Å². The van der Waals surface area contributed by atoms with Gasteiger partial charge in [0.1, 0.15) is 5.92 Å². The Morgan fingerprint density at radius 3 is 2.95 bits per heavy atom. The zero-order chi connectivity index (χ0) is 16.3. The number of nitrogens with zero attached hydrogens (tertiary/aromatic N) is 2. The first-order valence-corrected chi connectivity index (χ1v) is 7.22. The number of amides is 1. The maximum absolute atomic E-state index is 12.5. The van der Waals surface area contributed by atoms with Crippen molar-refractivity contribution in [1.29, 1.82) is 0 Å². The summed E-state index contributed by atoms with van der Waals surface area (Å²) >= 11 is 0. The van der Waals surface area contributed by atoms with Gasteiger partial charge < -0.3 is 9.84 Å². The van der Waals surface area contributed by atoms with Crippen molar-refractivity contribution in [2.75, 3.05) is 6.61 Å². The Morgan fingerprint density at radius 1 is 1.59 bits per heavy atom. The second kappa shape index (κ2) is 6.70. The molecule has 0 aromatic rings. The molecular formula is C16H20N2O4. The molecule has 2 aliphatic heterocycles. The summed E-state index contributed by atoms with van der Waals surface area (Å²) in [7, 11) is 0. The zero-order valence-corrected chi connectivity index (χ0v) is 12.7. The number of ether oxygens (including phenoxy) is 1. The van der Waals surface area contributed by atoms with Crippen LogP contribution >= 0.6 is 0 Å². The standard InChI is InChI=1S/C16H20N2O4/c1-4-22-16(21)12-9-11(14(19)10(2)17-3)13-7-5-6-8-18(13)15(12)20/h5-8,10,12,14,19H,3-4,9H2,1-2H3. The average Bonchev–Trinajstić information content (AvgIpc) is 2.54. The molecule has 1 N–H and O–H groups in total. The van der Waals surface area contributed by atoms with Gasteiger partial charge in [0.15, 0.2) is 0 Å². The molecule has 3 atom stereocenters. The van der Waals surface area contributed by atoms with E-state index in [-0.39, 0.29) is 18.9 Å². The van der Waals surface area contributed by atoms with Gasteiger partial charge in [-0.25, -0.2) is 0 Å². The van der Waals surface area contributed by atoms with Crippen LogP contribution in [0.4, 0.5) is 0 Å². The summed E-state index contributed by atoms with van der Waals surface area (Å²) in [6.45, 7) is 7.07. The molecule has 22 heavy (non-hydrogen) atoms. The molecule has 0 aliphatic carbocycles.